The minimum atomic E-state index is -0.216. The lowest BCUT2D eigenvalue weighted by molar-refractivity contribution is 0.241. The predicted molar refractivity (Wildman–Crippen MR) is 168 cm³/mol. The molecular weight excluding hydrogens is 520 g/mol. The van der Waals surface area contributed by atoms with Crippen LogP contribution in [-0.2, 0) is 12.8 Å². The number of benzene rings is 4. The number of carbonyl (C=O) groups excluding carboxylic acids is 1. The lowest BCUT2D eigenvalue weighted by Gasteiger charge is -2.06. The van der Waals surface area contributed by atoms with Crippen LogP contribution in [0.15, 0.2) is 121 Å². The zero-order valence-electron chi connectivity index (χ0n) is 23.2. The average Bonchev–Trinajstić information content (AvgIpc) is 3.68. The number of hydrogen-bond acceptors (Lipinski definition) is 3. The van der Waals surface area contributed by atoms with Crippen LogP contribution in [0.1, 0.15) is 11.6 Å². The number of aromatic amines is 2. The first-order chi connectivity index (χ1) is 20.7. The molecule has 0 bridgehead atoms. The monoisotopic (exact) mass is 552 g/mol. The molecule has 0 radical (unpaired) electrons. The van der Waals surface area contributed by atoms with Gasteiger partial charge in [-0.1, -0.05) is 121 Å². The van der Waals surface area contributed by atoms with E-state index in [1.807, 2.05) is 72.8 Å². The van der Waals surface area contributed by atoms with Gasteiger partial charge in [-0.2, -0.15) is 0 Å². The molecule has 2 aromatic heterocycles. The van der Waals surface area contributed by atoms with Gasteiger partial charge in [0.25, 0.3) is 0 Å². The first kappa shape index (κ1) is 26.8. The second kappa shape index (κ2) is 12.8. The fourth-order valence-electron chi connectivity index (χ4n) is 4.97. The lowest BCUT2D eigenvalue weighted by Crippen LogP contribution is -2.37. The van der Waals surface area contributed by atoms with E-state index in [9.17, 15) is 4.79 Å². The second-order valence-electron chi connectivity index (χ2n) is 9.96. The van der Waals surface area contributed by atoms with Crippen molar-refractivity contribution >= 4 is 6.03 Å². The highest BCUT2D eigenvalue weighted by Crippen LogP contribution is 2.31. The van der Waals surface area contributed by atoms with Crippen molar-refractivity contribution in [3.63, 3.8) is 0 Å². The van der Waals surface area contributed by atoms with Crippen molar-refractivity contribution in [1.82, 2.24) is 30.6 Å². The largest absolute Gasteiger partial charge is 0.341 e. The van der Waals surface area contributed by atoms with Crippen LogP contribution in [0.4, 0.5) is 4.79 Å². The van der Waals surface area contributed by atoms with Crippen molar-refractivity contribution in [2.24, 2.45) is 0 Å². The number of carbonyl (C=O) groups is 1. The Morgan fingerprint density at radius 1 is 0.500 bits per heavy atom. The van der Waals surface area contributed by atoms with Crippen LogP contribution in [0.3, 0.4) is 0 Å². The molecule has 0 aliphatic rings. The van der Waals surface area contributed by atoms with E-state index in [4.69, 9.17) is 9.97 Å². The predicted octanol–water partition coefficient (Wildman–Crippen LogP) is 6.89. The molecule has 2 heterocycles. The number of H-pyrrole nitrogens is 2. The van der Waals surface area contributed by atoms with Crippen LogP contribution in [0.2, 0.25) is 0 Å². The number of imidazole rings is 2. The van der Waals surface area contributed by atoms with E-state index < -0.39 is 0 Å². The number of rotatable bonds is 10. The molecule has 7 nitrogen and oxygen atoms in total. The molecule has 0 unspecified atom stereocenters. The van der Waals surface area contributed by atoms with Crippen molar-refractivity contribution < 1.29 is 4.79 Å². The van der Waals surface area contributed by atoms with Crippen molar-refractivity contribution in [2.45, 2.75) is 12.8 Å². The number of urea groups is 1. The summed E-state index contributed by atoms with van der Waals surface area (Å²) >= 11 is 0. The third-order valence-corrected chi connectivity index (χ3v) is 7.02. The normalized spacial score (nSPS) is 10.9. The van der Waals surface area contributed by atoms with Gasteiger partial charge in [0.2, 0.25) is 0 Å². The van der Waals surface area contributed by atoms with E-state index in [1.165, 1.54) is 0 Å². The fraction of sp³-hybridized carbons (Fsp3) is 0.114. The zero-order chi connectivity index (χ0) is 28.6. The summed E-state index contributed by atoms with van der Waals surface area (Å²) in [6.45, 7) is 0.914. The molecule has 2 amide bonds. The molecule has 0 aliphatic carbocycles. The second-order valence-corrected chi connectivity index (χ2v) is 9.96. The molecule has 6 rings (SSSR count). The summed E-state index contributed by atoms with van der Waals surface area (Å²) in [6, 6.07) is 40.4. The molecule has 0 fully saturated rings. The van der Waals surface area contributed by atoms with Gasteiger partial charge in [0, 0.05) is 48.2 Å². The summed E-state index contributed by atoms with van der Waals surface area (Å²) < 4.78 is 0. The highest BCUT2D eigenvalue weighted by molar-refractivity contribution is 5.79. The lowest BCUT2D eigenvalue weighted by atomic mass is 10.1. The maximum absolute atomic E-state index is 12.6. The number of nitrogens with zero attached hydrogens (tertiary/aromatic N) is 2. The Hall–Kier alpha value is -5.43. The highest BCUT2D eigenvalue weighted by atomic mass is 16.2. The Labute approximate surface area is 245 Å². The zero-order valence-corrected chi connectivity index (χ0v) is 23.2. The van der Waals surface area contributed by atoms with Gasteiger partial charge in [0.1, 0.15) is 11.6 Å². The third kappa shape index (κ3) is 6.31. The van der Waals surface area contributed by atoms with Gasteiger partial charge >= 0.3 is 6.03 Å². The van der Waals surface area contributed by atoms with E-state index in [-0.39, 0.29) is 6.03 Å². The van der Waals surface area contributed by atoms with Crippen LogP contribution in [0.25, 0.3) is 45.0 Å². The molecular formula is C35H32N6O. The molecule has 0 saturated carbocycles. The van der Waals surface area contributed by atoms with Crippen LogP contribution in [0.5, 0.6) is 0 Å². The standard InChI is InChI=1S/C35H32N6O/c42-35(36-23-21-29-38-31(25-13-5-1-6-14-25)32(39-29)26-15-7-2-8-16-26)37-24-22-30-40-33(27-17-9-3-10-18-27)34(41-30)28-19-11-4-12-20-28/h1-20H,21-24H2,(H,38,39)(H,40,41)(H2,36,37,42). The Bertz CT molecular complexity index is 1490. The molecule has 0 spiro atoms. The van der Waals surface area contributed by atoms with Gasteiger partial charge < -0.3 is 20.6 Å². The summed E-state index contributed by atoms with van der Waals surface area (Å²) in [4.78, 5) is 29.3. The summed E-state index contributed by atoms with van der Waals surface area (Å²) in [5, 5.41) is 5.91. The van der Waals surface area contributed by atoms with Gasteiger partial charge in [-0.3, -0.25) is 0 Å². The van der Waals surface area contributed by atoms with Crippen LogP contribution in [-0.4, -0.2) is 39.1 Å². The summed E-state index contributed by atoms with van der Waals surface area (Å²) in [5.41, 5.74) is 8.01. The van der Waals surface area contributed by atoms with E-state index >= 15 is 0 Å². The van der Waals surface area contributed by atoms with E-state index in [1.54, 1.807) is 0 Å². The maximum atomic E-state index is 12.6. The molecule has 6 aromatic rings. The third-order valence-electron chi connectivity index (χ3n) is 7.02. The van der Waals surface area contributed by atoms with E-state index in [2.05, 4.69) is 69.1 Å². The smallest absolute Gasteiger partial charge is 0.314 e. The Balaban J connectivity index is 1.06. The Morgan fingerprint density at radius 2 is 0.833 bits per heavy atom. The van der Waals surface area contributed by atoms with Crippen LogP contribution < -0.4 is 10.6 Å². The SMILES string of the molecule is O=C(NCCc1nc(-c2ccccc2)c(-c2ccccc2)[nH]1)NCCc1nc(-c2ccccc2)c(-c2ccccc2)[nH]1. The van der Waals surface area contributed by atoms with Gasteiger partial charge in [-0.25, -0.2) is 14.8 Å². The number of amides is 2. The first-order valence-corrected chi connectivity index (χ1v) is 14.2. The van der Waals surface area contributed by atoms with Crippen molar-refractivity contribution in [3.05, 3.63) is 133 Å². The number of aromatic nitrogens is 4. The van der Waals surface area contributed by atoms with Crippen molar-refractivity contribution in [2.75, 3.05) is 13.1 Å². The Morgan fingerprint density at radius 3 is 1.19 bits per heavy atom. The topological polar surface area (TPSA) is 98.5 Å². The molecule has 0 atom stereocenters. The number of nitrogens with one attached hydrogen (secondary N) is 4. The highest BCUT2D eigenvalue weighted by Gasteiger charge is 2.15. The average molecular weight is 553 g/mol. The quantitative estimate of drug-likeness (QED) is 0.149. The molecule has 7 heteroatoms. The van der Waals surface area contributed by atoms with Gasteiger partial charge in [0.15, 0.2) is 0 Å². The van der Waals surface area contributed by atoms with E-state index in [0.29, 0.717) is 25.9 Å². The van der Waals surface area contributed by atoms with Crippen LogP contribution in [0, 0.1) is 0 Å². The molecule has 4 N–H and O–H groups in total. The summed E-state index contributed by atoms with van der Waals surface area (Å²) in [7, 11) is 0. The Kier molecular flexibility index (Phi) is 8.18. The van der Waals surface area contributed by atoms with Gasteiger partial charge in [-0.05, 0) is 0 Å². The van der Waals surface area contributed by atoms with Crippen LogP contribution >= 0.6 is 0 Å². The minimum absolute atomic E-state index is 0.216. The maximum Gasteiger partial charge on any atom is 0.314 e. The molecule has 0 aliphatic heterocycles. The molecule has 4 aromatic carbocycles. The minimum Gasteiger partial charge on any atom is -0.341 e. The molecule has 42 heavy (non-hydrogen) atoms. The summed E-state index contributed by atoms with van der Waals surface area (Å²) in [6.07, 6.45) is 1.16. The van der Waals surface area contributed by atoms with E-state index in [0.717, 1.165) is 56.7 Å². The van der Waals surface area contributed by atoms with Crippen molar-refractivity contribution in [1.29, 1.82) is 0 Å². The fourth-order valence-corrected chi connectivity index (χ4v) is 4.97. The van der Waals surface area contributed by atoms with Gasteiger partial charge in [0.05, 0.1) is 22.8 Å². The summed E-state index contributed by atoms with van der Waals surface area (Å²) in [5.74, 6) is 1.65. The van der Waals surface area contributed by atoms with Gasteiger partial charge in [-0.15, -0.1) is 0 Å². The molecule has 208 valence electrons. The first-order valence-electron chi connectivity index (χ1n) is 14.2. The van der Waals surface area contributed by atoms with Crippen molar-refractivity contribution in [3.8, 4) is 45.0 Å². The molecule has 0 saturated heterocycles. The number of hydrogen-bond donors (Lipinski definition) is 4.